The van der Waals surface area contributed by atoms with Crippen LogP contribution in [-0.4, -0.2) is 27.5 Å². The summed E-state index contributed by atoms with van der Waals surface area (Å²) < 4.78 is 13.9. The van der Waals surface area contributed by atoms with Crippen molar-refractivity contribution in [2.24, 2.45) is 5.73 Å². The Labute approximate surface area is 127 Å². The molecule has 1 aromatic rings. The van der Waals surface area contributed by atoms with Crippen LogP contribution in [-0.2, 0) is 6.42 Å². The van der Waals surface area contributed by atoms with Gasteiger partial charge in [0, 0.05) is 27.5 Å². The Balaban J connectivity index is 2.01. The van der Waals surface area contributed by atoms with Gasteiger partial charge in [-0.2, -0.15) is 23.5 Å². The van der Waals surface area contributed by atoms with Gasteiger partial charge in [-0.15, -0.1) is 0 Å². The van der Waals surface area contributed by atoms with Gasteiger partial charge in [0.15, 0.2) is 0 Å². The average Bonchev–Trinajstić information content (AvgIpc) is 2.38. The van der Waals surface area contributed by atoms with Gasteiger partial charge in [0.1, 0.15) is 5.82 Å². The summed E-state index contributed by atoms with van der Waals surface area (Å²) in [6, 6.07) is 5.09. The van der Waals surface area contributed by atoms with Crippen LogP contribution < -0.4 is 5.73 Å². The molecule has 4 unspecified atom stereocenters. The summed E-state index contributed by atoms with van der Waals surface area (Å²) >= 11 is 9.69. The van der Waals surface area contributed by atoms with E-state index in [9.17, 15) is 4.39 Å². The maximum atomic E-state index is 13.9. The molecule has 0 saturated carbocycles. The molecule has 1 saturated heterocycles. The lowest BCUT2D eigenvalue weighted by Crippen LogP contribution is -2.41. The highest BCUT2D eigenvalue weighted by Gasteiger charge is 2.30. The number of hydrogen-bond acceptors (Lipinski definition) is 3. The van der Waals surface area contributed by atoms with E-state index in [1.54, 1.807) is 18.2 Å². The van der Waals surface area contributed by atoms with Crippen molar-refractivity contribution < 1.29 is 4.39 Å². The van der Waals surface area contributed by atoms with Crippen LogP contribution in [0.3, 0.4) is 0 Å². The smallest absolute Gasteiger partial charge is 0.145 e. The van der Waals surface area contributed by atoms with E-state index in [4.69, 9.17) is 17.3 Å². The van der Waals surface area contributed by atoms with Gasteiger partial charge >= 0.3 is 0 Å². The molecule has 0 amide bonds. The molecule has 0 aromatic heterocycles. The number of hydrogen-bond donors (Lipinski definition) is 1. The molecule has 5 heteroatoms. The summed E-state index contributed by atoms with van der Waals surface area (Å²) in [6.07, 6.45) is 0.547. The van der Waals surface area contributed by atoms with Crippen molar-refractivity contribution in [3.63, 3.8) is 0 Å². The first-order chi connectivity index (χ1) is 8.99. The molecule has 0 spiro atoms. The average molecular weight is 320 g/mol. The van der Waals surface area contributed by atoms with E-state index in [0.29, 0.717) is 27.7 Å². The van der Waals surface area contributed by atoms with Gasteiger partial charge in [0.2, 0.25) is 0 Å². The van der Waals surface area contributed by atoms with E-state index >= 15 is 0 Å². The fraction of sp³-hybridized carbons (Fsp3) is 0.571. The van der Waals surface area contributed by atoms with Gasteiger partial charge in [-0.1, -0.05) is 37.6 Å². The maximum absolute atomic E-state index is 13.9. The predicted molar refractivity (Wildman–Crippen MR) is 85.9 cm³/mol. The zero-order valence-corrected chi connectivity index (χ0v) is 13.5. The summed E-state index contributed by atoms with van der Waals surface area (Å²) in [5.41, 5.74) is 6.89. The standard InChI is InChI=1S/C14H19ClFNS2/c1-8-9(2)19-13(7-18-8)12(17)6-10-4-3-5-11(15)14(10)16/h3-5,8-9,12-13H,6-7,17H2,1-2H3. The molecule has 2 N–H and O–H groups in total. The van der Waals surface area contributed by atoms with E-state index in [0.717, 1.165) is 5.75 Å². The third kappa shape index (κ3) is 3.81. The molecule has 1 nitrogen and oxygen atoms in total. The van der Waals surface area contributed by atoms with Crippen LogP contribution in [0.4, 0.5) is 4.39 Å². The SMILES string of the molecule is CC1SCC(C(N)Cc2cccc(Cl)c2F)SC1C. The van der Waals surface area contributed by atoms with E-state index in [1.165, 1.54) is 0 Å². The molecule has 1 aliphatic rings. The molecule has 19 heavy (non-hydrogen) atoms. The van der Waals surface area contributed by atoms with Crippen molar-refractivity contribution >= 4 is 35.1 Å². The third-order valence-electron chi connectivity index (χ3n) is 3.54. The Morgan fingerprint density at radius 3 is 2.84 bits per heavy atom. The fourth-order valence-corrected chi connectivity index (χ4v) is 5.38. The Kier molecular flexibility index (Phi) is 5.46. The highest BCUT2D eigenvalue weighted by atomic mass is 35.5. The lowest BCUT2D eigenvalue weighted by molar-refractivity contribution is 0.583. The minimum atomic E-state index is -0.325. The van der Waals surface area contributed by atoms with Crippen molar-refractivity contribution in [3.05, 3.63) is 34.6 Å². The summed E-state index contributed by atoms with van der Waals surface area (Å²) in [6.45, 7) is 4.49. The van der Waals surface area contributed by atoms with Gasteiger partial charge in [0.25, 0.3) is 0 Å². The first kappa shape index (κ1) is 15.5. The number of thioether (sulfide) groups is 2. The van der Waals surface area contributed by atoms with Gasteiger partial charge in [-0.05, 0) is 18.1 Å². The van der Waals surface area contributed by atoms with Crippen LogP contribution in [0.2, 0.25) is 5.02 Å². The quantitative estimate of drug-likeness (QED) is 0.912. The Hall–Kier alpha value is 0.1000. The first-order valence-electron chi connectivity index (χ1n) is 6.44. The van der Waals surface area contributed by atoms with Gasteiger partial charge in [0.05, 0.1) is 5.02 Å². The largest absolute Gasteiger partial charge is 0.326 e. The molecule has 0 aliphatic carbocycles. The van der Waals surface area contributed by atoms with E-state index in [2.05, 4.69) is 13.8 Å². The molecule has 4 atom stereocenters. The second-order valence-corrected chi connectivity index (χ2v) is 8.44. The summed E-state index contributed by atoms with van der Waals surface area (Å²) in [5, 5.41) is 1.82. The summed E-state index contributed by atoms with van der Waals surface area (Å²) in [4.78, 5) is 0. The molecular formula is C14H19ClFNS2. The zero-order chi connectivity index (χ0) is 14.0. The molecule has 1 aromatic carbocycles. The van der Waals surface area contributed by atoms with Crippen LogP contribution in [0.15, 0.2) is 18.2 Å². The van der Waals surface area contributed by atoms with Crippen molar-refractivity contribution in [1.29, 1.82) is 0 Å². The molecule has 0 radical (unpaired) electrons. The molecule has 1 aliphatic heterocycles. The van der Waals surface area contributed by atoms with Crippen LogP contribution >= 0.6 is 35.1 Å². The van der Waals surface area contributed by atoms with E-state index in [-0.39, 0.29) is 16.9 Å². The van der Waals surface area contributed by atoms with Crippen molar-refractivity contribution in [3.8, 4) is 0 Å². The highest BCUT2D eigenvalue weighted by molar-refractivity contribution is 8.07. The highest BCUT2D eigenvalue weighted by Crippen LogP contribution is 2.37. The van der Waals surface area contributed by atoms with Crippen molar-refractivity contribution in [2.45, 2.75) is 42.1 Å². The normalized spacial score (nSPS) is 29.2. The van der Waals surface area contributed by atoms with E-state index < -0.39 is 0 Å². The van der Waals surface area contributed by atoms with Crippen molar-refractivity contribution in [1.82, 2.24) is 0 Å². The van der Waals surface area contributed by atoms with Gasteiger partial charge in [-0.25, -0.2) is 4.39 Å². The first-order valence-corrected chi connectivity index (χ1v) is 8.81. The second kappa shape index (κ2) is 6.70. The summed E-state index contributed by atoms with van der Waals surface area (Å²) in [7, 11) is 0. The van der Waals surface area contributed by atoms with Gasteiger partial charge in [-0.3, -0.25) is 0 Å². The number of nitrogens with two attached hydrogens (primary N) is 1. The van der Waals surface area contributed by atoms with Crippen molar-refractivity contribution in [2.75, 3.05) is 5.75 Å². The Morgan fingerprint density at radius 1 is 1.42 bits per heavy atom. The molecule has 106 valence electrons. The predicted octanol–water partition coefficient (Wildman–Crippen LogP) is 3.97. The molecule has 1 heterocycles. The van der Waals surface area contributed by atoms with E-state index in [1.807, 2.05) is 23.5 Å². The summed E-state index contributed by atoms with van der Waals surface area (Å²) in [5.74, 6) is 0.717. The molecule has 1 fully saturated rings. The zero-order valence-electron chi connectivity index (χ0n) is 11.1. The minimum Gasteiger partial charge on any atom is -0.326 e. The Bertz CT molecular complexity index is 443. The minimum absolute atomic E-state index is 0.0274. The second-order valence-electron chi connectivity index (χ2n) is 5.00. The van der Waals surface area contributed by atoms with Crippen LogP contribution in [0.1, 0.15) is 19.4 Å². The van der Waals surface area contributed by atoms with Crippen LogP contribution in [0.5, 0.6) is 0 Å². The lowest BCUT2D eigenvalue weighted by atomic mass is 10.0. The third-order valence-corrected chi connectivity index (χ3v) is 7.40. The lowest BCUT2D eigenvalue weighted by Gasteiger charge is -2.34. The van der Waals surface area contributed by atoms with Gasteiger partial charge < -0.3 is 5.73 Å². The number of halogens is 2. The number of benzene rings is 1. The monoisotopic (exact) mass is 319 g/mol. The van der Waals surface area contributed by atoms with Crippen LogP contribution in [0.25, 0.3) is 0 Å². The fourth-order valence-electron chi connectivity index (χ4n) is 2.12. The van der Waals surface area contributed by atoms with Crippen LogP contribution in [0, 0.1) is 5.82 Å². The Morgan fingerprint density at radius 2 is 2.16 bits per heavy atom. The molecule has 0 bridgehead atoms. The topological polar surface area (TPSA) is 26.0 Å². The molecule has 2 rings (SSSR count). The maximum Gasteiger partial charge on any atom is 0.145 e. The number of rotatable bonds is 3. The molecular weight excluding hydrogens is 301 g/mol.